The molecule has 0 saturated heterocycles. The van der Waals surface area contributed by atoms with Gasteiger partial charge in [-0.1, -0.05) is 43.0 Å². The van der Waals surface area contributed by atoms with E-state index < -0.39 is 4.92 Å². The molecule has 1 aromatic rings. The lowest BCUT2D eigenvalue weighted by atomic mass is 10.1. The Morgan fingerprint density at radius 2 is 2.00 bits per heavy atom. The van der Waals surface area contributed by atoms with Crippen molar-refractivity contribution in [2.75, 3.05) is 5.32 Å². The lowest BCUT2D eigenvalue weighted by Gasteiger charge is -2.19. The summed E-state index contributed by atoms with van der Waals surface area (Å²) < 4.78 is 0. The lowest BCUT2D eigenvalue weighted by molar-refractivity contribution is -0.384. The molecular weight excluding hydrogens is 287 g/mol. The van der Waals surface area contributed by atoms with Crippen molar-refractivity contribution in [3.8, 4) is 0 Å². The highest BCUT2D eigenvalue weighted by molar-refractivity contribution is 6.39. The van der Waals surface area contributed by atoms with Crippen molar-refractivity contribution in [1.82, 2.24) is 0 Å². The molecule has 0 radical (unpaired) electrons. The number of nitrogens with one attached hydrogen (secondary N) is 1. The average Bonchev–Trinajstić information content (AvgIpc) is 3.15. The van der Waals surface area contributed by atoms with Crippen molar-refractivity contribution in [3.05, 3.63) is 32.3 Å². The van der Waals surface area contributed by atoms with Crippen molar-refractivity contribution in [2.45, 2.75) is 38.6 Å². The highest BCUT2D eigenvalue weighted by Gasteiger charge is 2.25. The van der Waals surface area contributed by atoms with Crippen LogP contribution in [0, 0.1) is 16.0 Å². The minimum atomic E-state index is -0.497. The fourth-order valence-electron chi connectivity index (χ4n) is 2.09. The molecule has 1 unspecified atom stereocenters. The van der Waals surface area contributed by atoms with Crippen LogP contribution in [0.25, 0.3) is 0 Å². The summed E-state index contributed by atoms with van der Waals surface area (Å²) in [5.41, 5.74) is 0.511. The first kappa shape index (κ1) is 14.4. The van der Waals surface area contributed by atoms with Crippen LogP contribution in [-0.2, 0) is 0 Å². The van der Waals surface area contributed by atoms with Crippen molar-refractivity contribution in [3.63, 3.8) is 0 Å². The number of nitrogens with zero attached hydrogens (tertiary/aromatic N) is 1. The number of anilines is 1. The topological polar surface area (TPSA) is 55.2 Å². The van der Waals surface area contributed by atoms with Crippen LogP contribution in [0.15, 0.2) is 12.1 Å². The second-order valence-corrected chi connectivity index (χ2v) is 5.78. The third-order valence-corrected chi connectivity index (χ3v) is 3.99. The Balaban J connectivity index is 2.16. The van der Waals surface area contributed by atoms with E-state index in [4.69, 9.17) is 23.2 Å². The number of hydrogen-bond donors (Lipinski definition) is 1. The molecule has 0 aromatic heterocycles. The minimum absolute atomic E-state index is 0.0872. The SMILES string of the molecule is CCC(CC1CC1)Nc1c(Cl)cc([N+](=O)[O-])cc1Cl. The van der Waals surface area contributed by atoms with E-state index in [2.05, 4.69) is 12.2 Å². The Hall–Kier alpha value is -1.00. The molecule has 4 nitrogen and oxygen atoms in total. The van der Waals surface area contributed by atoms with E-state index in [0.29, 0.717) is 21.8 Å². The van der Waals surface area contributed by atoms with Crippen molar-refractivity contribution >= 4 is 34.6 Å². The number of rotatable bonds is 6. The summed E-state index contributed by atoms with van der Waals surface area (Å²) in [6, 6.07) is 2.98. The molecule has 0 amide bonds. The maximum absolute atomic E-state index is 10.7. The smallest absolute Gasteiger partial charge is 0.272 e. The first-order valence-electron chi connectivity index (χ1n) is 6.41. The Kier molecular flexibility index (Phi) is 4.53. The molecule has 1 aliphatic rings. The van der Waals surface area contributed by atoms with Crippen molar-refractivity contribution in [2.24, 2.45) is 5.92 Å². The third kappa shape index (κ3) is 3.74. The zero-order valence-corrected chi connectivity index (χ0v) is 12.2. The number of nitro benzene ring substituents is 1. The molecule has 19 heavy (non-hydrogen) atoms. The second-order valence-electron chi connectivity index (χ2n) is 4.97. The summed E-state index contributed by atoms with van der Waals surface area (Å²) >= 11 is 12.2. The third-order valence-electron chi connectivity index (χ3n) is 3.39. The first-order valence-corrected chi connectivity index (χ1v) is 7.16. The molecule has 0 aliphatic heterocycles. The van der Waals surface area contributed by atoms with Crippen LogP contribution in [0.5, 0.6) is 0 Å². The summed E-state index contributed by atoms with van der Waals surface area (Å²) in [5, 5.41) is 14.6. The molecule has 1 N–H and O–H groups in total. The summed E-state index contributed by atoms with van der Waals surface area (Å²) in [4.78, 5) is 10.2. The summed E-state index contributed by atoms with van der Waals surface area (Å²) in [6.07, 6.45) is 4.65. The molecule has 0 bridgehead atoms. The Morgan fingerprint density at radius 1 is 1.42 bits per heavy atom. The molecule has 2 rings (SSSR count). The van der Waals surface area contributed by atoms with Crippen LogP contribution >= 0.6 is 23.2 Å². The van der Waals surface area contributed by atoms with Crippen LogP contribution in [-0.4, -0.2) is 11.0 Å². The molecular formula is C13H16Cl2N2O2. The monoisotopic (exact) mass is 302 g/mol. The summed E-state index contributed by atoms with van der Waals surface area (Å²) in [7, 11) is 0. The van der Waals surface area contributed by atoms with Crippen molar-refractivity contribution < 1.29 is 4.92 Å². The number of nitro groups is 1. The van der Waals surface area contributed by atoms with E-state index in [9.17, 15) is 10.1 Å². The Labute approximate surface area is 122 Å². The van der Waals surface area contributed by atoms with Crippen molar-refractivity contribution in [1.29, 1.82) is 0 Å². The Bertz CT molecular complexity index is 467. The van der Waals surface area contributed by atoms with E-state index in [-0.39, 0.29) is 5.69 Å². The minimum Gasteiger partial charge on any atom is -0.380 e. The van der Waals surface area contributed by atoms with E-state index >= 15 is 0 Å². The fourth-order valence-corrected chi connectivity index (χ4v) is 2.68. The largest absolute Gasteiger partial charge is 0.380 e. The van der Waals surface area contributed by atoms with Gasteiger partial charge in [-0.05, 0) is 18.8 Å². The van der Waals surface area contributed by atoms with Crippen LogP contribution in [0.2, 0.25) is 10.0 Å². The molecule has 0 heterocycles. The van der Waals surface area contributed by atoms with E-state index in [1.54, 1.807) is 0 Å². The van der Waals surface area contributed by atoms with E-state index in [1.807, 2.05) is 0 Å². The van der Waals surface area contributed by atoms with Gasteiger partial charge < -0.3 is 5.32 Å². The second kappa shape index (κ2) is 5.97. The normalized spacial score (nSPS) is 16.2. The molecule has 1 atom stereocenters. The van der Waals surface area contributed by atoms with Gasteiger partial charge in [-0.2, -0.15) is 0 Å². The predicted molar refractivity (Wildman–Crippen MR) is 78.2 cm³/mol. The zero-order chi connectivity index (χ0) is 14.0. The van der Waals surface area contributed by atoms with Gasteiger partial charge in [-0.3, -0.25) is 10.1 Å². The number of halogens is 2. The quantitative estimate of drug-likeness (QED) is 0.601. The lowest BCUT2D eigenvalue weighted by Crippen LogP contribution is -2.19. The summed E-state index contributed by atoms with van der Waals surface area (Å²) in [6.45, 7) is 2.10. The molecule has 1 saturated carbocycles. The van der Waals surface area contributed by atoms with Gasteiger partial charge in [0.15, 0.2) is 0 Å². The van der Waals surface area contributed by atoms with Crippen LogP contribution < -0.4 is 5.32 Å². The number of non-ortho nitro benzene ring substituents is 1. The van der Waals surface area contributed by atoms with Crippen LogP contribution in [0.4, 0.5) is 11.4 Å². The van der Waals surface area contributed by atoms with Gasteiger partial charge in [0.05, 0.1) is 20.7 Å². The molecule has 1 aliphatic carbocycles. The van der Waals surface area contributed by atoms with Gasteiger partial charge in [-0.15, -0.1) is 0 Å². The predicted octanol–water partition coefficient (Wildman–Crippen LogP) is 4.89. The first-order chi connectivity index (χ1) is 9.01. The Morgan fingerprint density at radius 3 is 2.42 bits per heavy atom. The van der Waals surface area contributed by atoms with Gasteiger partial charge in [0.2, 0.25) is 0 Å². The molecule has 6 heteroatoms. The average molecular weight is 303 g/mol. The number of benzene rings is 1. The molecule has 1 fully saturated rings. The van der Waals surface area contributed by atoms with Gasteiger partial charge in [-0.25, -0.2) is 0 Å². The van der Waals surface area contributed by atoms with Gasteiger partial charge in [0.1, 0.15) is 0 Å². The van der Waals surface area contributed by atoms with Crippen LogP contribution in [0.3, 0.4) is 0 Å². The van der Waals surface area contributed by atoms with Gasteiger partial charge >= 0.3 is 0 Å². The van der Waals surface area contributed by atoms with E-state index in [0.717, 1.165) is 18.8 Å². The maximum atomic E-state index is 10.7. The maximum Gasteiger partial charge on any atom is 0.272 e. The zero-order valence-electron chi connectivity index (χ0n) is 10.7. The number of hydrogen-bond acceptors (Lipinski definition) is 3. The highest BCUT2D eigenvalue weighted by atomic mass is 35.5. The standard InChI is InChI=1S/C13H16Cl2N2O2/c1-2-9(5-8-3-4-8)16-13-11(14)6-10(17(18)19)7-12(13)15/h6-9,16H,2-5H2,1H3. The molecule has 1 aromatic carbocycles. The highest BCUT2D eigenvalue weighted by Crippen LogP contribution is 2.38. The van der Waals surface area contributed by atoms with Gasteiger partial charge in [0.25, 0.3) is 5.69 Å². The summed E-state index contributed by atoms with van der Waals surface area (Å²) in [5.74, 6) is 0.799. The molecule has 0 spiro atoms. The molecule has 104 valence electrons. The van der Waals surface area contributed by atoms with Gasteiger partial charge in [0, 0.05) is 18.2 Å². The fraction of sp³-hybridized carbons (Fsp3) is 0.538. The van der Waals surface area contributed by atoms with E-state index in [1.165, 1.54) is 25.0 Å². The van der Waals surface area contributed by atoms with Crippen LogP contribution in [0.1, 0.15) is 32.6 Å².